The fraction of sp³-hybridized carbons (Fsp3) is 0. The van der Waals surface area contributed by atoms with E-state index in [0.29, 0.717) is 0 Å². The van der Waals surface area contributed by atoms with Crippen molar-refractivity contribution in [2.75, 3.05) is 0 Å². The van der Waals surface area contributed by atoms with Gasteiger partial charge in [0.25, 0.3) is 0 Å². The van der Waals surface area contributed by atoms with Gasteiger partial charge in [-0.1, -0.05) is 11.5 Å². The van der Waals surface area contributed by atoms with Crippen LogP contribution in [0, 0.1) is 0 Å². The lowest BCUT2D eigenvalue weighted by Crippen LogP contribution is -1.63. The number of hydrogen-bond donors (Lipinski definition) is 0. The van der Waals surface area contributed by atoms with Crippen LogP contribution in [-0.2, 0) is 0 Å². The highest BCUT2D eigenvalue weighted by Gasteiger charge is 1.88. The molecule has 2 rings (SSSR count). The molecule has 0 N–H and O–H groups in total. The lowest BCUT2D eigenvalue weighted by Gasteiger charge is -1.71. The van der Waals surface area contributed by atoms with E-state index >= 15 is 0 Å². The average molecular weight is 124 g/mol. The van der Waals surface area contributed by atoms with Gasteiger partial charge in [-0.05, 0) is 6.07 Å². The van der Waals surface area contributed by atoms with Crippen LogP contribution in [0.4, 0.5) is 0 Å². The second-order valence-electron chi connectivity index (χ2n) is 1.52. The third-order valence-electron chi connectivity index (χ3n) is 1.03. The molecule has 0 atom stereocenters. The van der Waals surface area contributed by atoms with Gasteiger partial charge in [0.05, 0.1) is 0 Å². The molecule has 0 saturated carbocycles. The number of imidazole rings is 1. The molecule has 3 heteroatoms. The highest BCUT2D eigenvalue weighted by atomic mass is 32.1. The number of hydrogen-bond acceptors (Lipinski definition) is 2. The van der Waals surface area contributed by atoms with Crippen LogP contribution in [0.25, 0.3) is 5.65 Å². The van der Waals surface area contributed by atoms with Gasteiger partial charge in [-0.25, -0.2) is 4.98 Å². The van der Waals surface area contributed by atoms with Crippen LogP contribution in [0.5, 0.6) is 0 Å². The topological polar surface area (TPSA) is 17.3 Å². The molecule has 0 aromatic carbocycles. The first-order valence-corrected chi connectivity index (χ1v) is 3.17. The summed E-state index contributed by atoms with van der Waals surface area (Å²) in [6.45, 7) is 0. The molecule has 2 aromatic heterocycles. The Morgan fingerprint density at radius 2 is 2.62 bits per heavy atom. The van der Waals surface area contributed by atoms with Gasteiger partial charge in [0.15, 0.2) is 0 Å². The molecule has 0 unspecified atom stereocenters. The number of aromatic nitrogens is 2. The van der Waals surface area contributed by atoms with Crippen LogP contribution in [0.1, 0.15) is 0 Å². The van der Waals surface area contributed by atoms with E-state index in [1.807, 2.05) is 21.4 Å². The minimum Gasteiger partial charge on any atom is -0.255 e. The van der Waals surface area contributed by atoms with Crippen LogP contribution in [0.15, 0.2) is 23.8 Å². The quantitative estimate of drug-likeness (QED) is 0.519. The lowest BCUT2D eigenvalue weighted by atomic mass is 10.7. The van der Waals surface area contributed by atoms with Crippen molar-refractivity contribution in [3.63, 3.8) is 0 Å². The molecule has 0 amide bonds. The monoisotopic (exact) mass is 124 g/mol. The predicted octanol–water partition coefficient (Wildman–Crippen LogP) is 1.40. The first kappa shape index (κ1) is 4.09. The van der Waals surface area contributed by atoms with Crippen molar-refractivity contribution >= 4 is 17.2 Å². The van der Waals surface area contributed by atoms with Crippen molar-refractivity contribution in [3.05, 3.63) is 23.8 Å². The van der Waals surface area contributed by atoms with Crippen molar-refractivity contribution in [1.29, 1.82) is 0 Å². The maximum absolute atomic E-state index is 4.05. The summed E-state index contributed by atoms with van der Waals surface area (Å²) in [5.74, 6) is 0. The molecule has 0 fully saturated rings. The van der Waals surface area contributed by atoms with E-state index in [0.717, 1.165) is 5.65 Å². The number of rotatable bonds is 0. The van der Waals surface area contributed by atoms with Gasteiger partial charge in [0.1, 0.15) is 5.65 Å². The van der Waals surface area contributed by atoms with Crippen molar-refractivity contribution in [3.8, 4) is 0 Å². The number of fused-ring (bicyclic) bond motifs is 1. The van der Waals surface area contributed by atoms with Crippen LogP contribution in [0.3, 0.4) is 0 Å². The fourth-order valence-electron chi connectivity index (χ4n) is 0.666. The van der Waals surface area contributed by atoms with Crippen LogP contribution < -0.4 is 0 Å². The minimum atomic E-state index is 1.04. The Labute approximate surface area is 50.6 Å². The number of nitrogens with zero attached hydrogens (tertiary/aromatic N) is 2. The van der Waals surface area contributed by atoms with Crippen molar-refractivity contribution < 1.29 is 0 Å². The first-order chi connectivity index (χ1) is 3.97. The third-order valence-corrected chi connectivity index (χ3v) is 1.82. The van der Waals surface area contributed by atoms with Crippen LogP contribution >= 0.6 is 11.5 Å². The van der Waals surface area contributed by atoms with E-state index in [1.165, 1.54) is 0 Å². The van der Waals surface area contributed by atoms with Gasteiger partial charge in [0.2, 0.25) is 0 Å². The van der Waals surface area contributed by atoms with Gasteiger partial charge >= 0.3 is 0 Å². The summed E-state index contributed by atoms with van der Waals surface area (Å²) in [5.41, 5.74) is 1.04. The third kappa shape index (κ3) is 0.391. The largest absolute Gasteiger partial charge is 0.255 e. The molecule has 0 aliphatic carbocycles. The summed E-state index contributed by atoms with van der Waals surface area (Å²) in [6, 6.07) is 1.99. The molecule has 40 valence electrons. The Morgan fingerprint density at radius 1 is 1.62 bits per heavy atom. The molecule has 0 aliphatic heterocycles. The Morgan fingerprint density at radius 3 is 3.50 bits per heavy atom. The molecular weight excluding hydrogens is 120 g/mol. The van der Waals surface area contributed by atoms with E-state index < -0.39 is 0 Å². The van der Waals surface area contributed by atoms with Crippen molar-refractivity contribution in [2.45, 2.75) is 0 Å². The summed E-state index contributed by atoms with van der Waals surface area (Å²) >= 11 is 1.65. The predicted molar refractivity (Wildman–Crippen MR) is 33.1 cm³/mol. The maximum atomic E-state index is 4.05. The van der Waals surface area contributed by atoms with E-state index in [2.05, 4.69) is 4.98 Å². The van der Waals surface area contributed by atoms with Gasteiger partial charge in [-0.15, -0.1) is 0 Å². The summed E-state index contributed by atoms with van der Waals surface area (Å²) in [5, 5.41) is 2.02. The molecule has 0 radical (unpaired) electrons. The normalized spacial score (nSPS) is 10.5. The summed E-state index contributed by atoms with van der Waals surface area (Å²) < 4.78 is 2.01. The zero-order chi connectivity index (χ0) is 5.40. The van der Waals surface area contributed by atoms with Crippen molar-refractivity contribution in [1.82, 2.24) is 8.77 Å². The van der Waals surface area contributed by atoms with E-state index in [4.69, 9.17) is 0 Å². The molecular formula is C5H4N2S. The first-order valence-electron chi connectivity index (χ1n) is 2.34. The molecule has 0 aliphatic rings. The zero-order valence-electron chi connectivity index (χ0n) is 4.11. The molecule has 0 bridgehead atoms. The second-order valence-corrected chi connectivity index (χ2v) is 2.40. The molecule has 8 heavy (non-hydrogen) atoms. The highest BCUT2D eigenvalue weighted by Crippen LogP contribution is 2.04. The van der Waals surface area contributed by atoms with E-state index in [9.17, 15) is 0 Å². The van der Waals surface area contributed by atoms with Crippen molar-refractivity contribution in [2.24, 2.45) is 0 Å². The van der Waals surface area contributed by atoms with Gasteiger partial charge in [0, 0.05) is 17.8 Å². The van der Waals surface area contributed by atoms with Gasteiger partial charge in [-0.2, -0.15) is 0 Å². The molecule has 0 spiro atoms. The van der Waals surface area contributed by atoms with E-state index in [-0.39, 0.29) is 0 Å². The van der Waals surface area contributed by atoms with Gasteiger partial charge < -0.3 is 0 Å². The smallest absolute Gasteiger partial charge is 0.146 e. The maximum Gasteiger partial charge on any atom is 0.146 e. The Bertz CT molecular complexity index is 232. The molecule has 2 nitrogen and oxygen atoms in total. The average Bonchev–Trinajstić information content (AvgIpc) is 2.15. The zero-order valence-corrected chi connectivity index (χ0v) is 4.93. The second kappa shape index (κ2) is 1.32. The Balaban J connectivity index is 3.06. The summed E-state index contributed by atoms with van der Waals surface area (Å²) in [4.78, 5) is 4.05. The SMILES string of the molecule is c1cn2sccc2n1. The van der Waals surface area contributed by atoms with Crippen LogP contribution in [0.2, 0.25) is 0 Å². The lowest BCUT2D eigenvalue weighted by molar-refractivity contribution is 1.37. The summed E-state index contributed by atoms with van der Waals surface area (Å²) in [6.07, 6.45) is 3.74. The fourth-order valence-corrected chi connectivity index (χ4v) is 1.32. The molecule has 2 heterocycles. The minimum absolute atomic E-state index is 1.04. The standard InChI is InChI=1S/C5H4N2S/c1-4-8-7-3-2-6-5(1)7/h1-4H. The van der Waals surface area contributed by atoms with E-state index in [1.54, 1.807) is 17.7 Å². The summed E-state index contributed by atoms with van der Waals surface area (Å²) in [7, 11) is 0. The molecule has 0 saturated heterocycles. The Kier molecular flexibility index (Phi) is 0.676. The highest BCUT2D eigenvalue weighted by molar-refractivity contribution is 7.04. The molecule has 2 aromatic rings. The Hall–Kier alpha value is -0.830. The van der Waals surface area contributed by atoms with Gasteiger partial charge in [-0.3, -0.25) is 3.79 Å². The van der Waals surface area contributed by atoms with Crippen LogP contribution in [-0.4, -0.2) is 8.77 Å².